The highest BCUT2D eigenvalue weighted by Gasteiger charge is 2.15. The SMILES string of the molecule is COc1cc(C)cc2c(Br)c(C(C)N)[nH]c12. The van der Waals surface area contributed by atoms with Crippen molar-refractivity contribution < 1.29 is 4.74 Å². The van der Waals surface area contributed by atoms with E-state index in [1.54, 1.807) is 7.11 Å². The number of hydrogen-bond donors (Lipinski definition) is 2. The Morgan fingerprint density at radius 3 is 2.69 bits per heavy atom. The summed E-state index contributed by atoms with van der Waals surface area (Å²) in [5.74, 6) is 0.850. The molecule has 1 aromatic heterocycles. The van der Waals surface area contributed by atoms with E-state index < -0.39 is 0 Å². The summed E-state index contributed by atoms with van der Waals surface area (Å²) in [6.07, 6.45) is 0. The lowest BCUT2D eigenvalue weighted by Gasteiger charge is -2.03. The molecular weight excluding hydrogens is 268 g/mol. The number of benzene rings is 1. The molecule has 2 aromatic rings. The minimum absolute atomic E-state index is 0.0354. The Kier molecular flexibility index (Phi) is 2.95. The monoisotopic (exact) mass is 282 g/mol. The Balaban J connectivity index is 2.80. The van der Waals surface area contributed by atoms with E-state index >= 15 is 0 Å². The molecule has 0 bridgehead atoms. The minimum Gasteiger partial charge on any atom is -0.495 e. The molecule has 16 heavy (non-hydrogen) atoms. The third kappa shape index (κ3) is 1.72. The van der Waals surface area contributed by atoms with Gasteiger partial charge in [0.25, 0.3) is 0 Å². The molecule has 0 aliphatic carbocycles. The number of methoxy groups -OCH3 is 1. The van der Waals surface area contributed by atoms with Crippen LogP contribution in [0.1, 0.15) is 24.2 Å². The molecule has 4 heteroatoms. The van der Waals surface area contributed by atoms with Crippen molar-refractivity contribution >= 4 is 26.8 Å². The Morgan fingerprint density at radius 1 is 1.44 bits per heavy atom. The molecule has 1 aromatic carbocycles. The highest BCUT2D eigenvalue weighted by molar-refractivity contribution is 9.10. The van der Waals surface area contributed by atoms with Crippen molar-refractivity contribution in [2.24, 2.45) is 5.73 Å². The molecule has 3 N–H and O–H groups in total. The number of fused-ring (bicyclic) bond motifs is 1. The van der Waals surface area contributed by atoms with Crippen molar-refractivity contribution in [2.45, 2.75) is 19.9 Å². The normalized spacial score (nSPS) is 13.1. The van der Waals surface area contributed by atoms with Crippen LogP contribution in [-0.2, 0) is 0 Å². The summed E-state index contributed by atoms with van der Waals surface area (Å²) in [6, 6.07) is 4.09. The topological polar surface area (TPSA) is 51.0 Å². The Morgan fingerprint density at radius 2 is 2.12 bits per heavy atom. The summed E-state index contributed by atoms with van der Waals surface area (Å²) < 4.78 is 6.39. The first-order valence-electron chi connectivity index (χ1n) is 5.16. The first-order chi connectivity index (χ1) is 7.54. The molecule has 1 atom stereocenters. The molecule has 0 saturated carbocycles. The van der Waals surface area contributed by atoms with Gasteiger partial charge in [0.05, 0.1) is 12.6 Å². The highest BCUT2D eigenvalue weighted by atomic mass is 79.9. The fourth-order valence-corrected chi connectivity index (χ4v) is 2.64. The second kappa shape index (κ2) is 4.11. The van der Waals surface area contributed by atoms with Crippen molar-refractivity contribution in [3.05, 3.63) is 27.9 Å². The van der Waals surface area contributed by atoms with Crippen LogP contribution in [0, 0.1) is 6.92 Å². The van der Waals surface area contributed by atoms with Gasteiger partial charge in [0.2, 0.25) is 0 Å². The minimum atomic E-state index is -0.0354. The molecule has 0 spiro atoms. The molecular formula is C12H15BrN2O. The number of halogens is 1. The van der Waals surface area contributed by atoms with Crippen LogP contribution < -0.4 is 10.5 Å². The van der Waals surface area contributed by atoms with Crippen LogP contribution in [-0.4, -0.2) is 12.1 Å². The third-order valence-corrected chi connectivity index (χ3v) is 3.51. The van der Waals surface area contributed by atoms with Gasteiger partial charge >= 0.3 is 0 Å². The second-order valence-electron chi connectivity index (χ2n) is 4.03. The molecule has 0 amide bonds. The number of H-pyrrole nitrogens is 1. The maximum atomic E-state index is 5.91. The molecule has 0 aliphatic heterocycles. The lowest BCUT2D eigenvalue weighted by atomic mass is 10.1. The third-order valence-electron chi connectivity index (χ3n) is 2.65. The van der Waals surface area contributed by atoms with Crippen LogP contribution in [0.25, 0.3) is 10.9 Å². The van der Waals surface area contributed by atoms with Gasteiger partial charge in [-0.3, -0.25) is 0 Å². The van der Waals surface area contributed by atoms with E-state index in [1.165, 1.54) is 5.56 Å². The van der Waals surface area contributed by atoms with E-state index in [-0.39, 0.29) is 6.04 Å². The van der Waals surface area contributed by atoms with E-state index in [9.17, 15) is 0 Å². The Bertz CT molecular complexity index is 531. The highest BCUT2D eigenvalue weighted by Crippen LogP contribution is 2.36. The fraction of sp³-hybridized carbons (Fsp3) is 0.333. The van der Waals surface area contributed by atoms with Gasteiger partial charge in [0.15, 0.2) is 0 Å². The summed E-state index contributed by atoms with van der Waals surface area (Å²) in [5, 5.41) is 1.11. The number of rotatable bonds is 2. The second-order valence-corrected chi connectivity index (χ2v) is 4.82. The number of nitrogens with two attached hydrogens (primary N) is 1. The van der Waals surface area contributed by atoms with E-state index in [0.717, 1.165) is 26.8 Å². The van der Waals surface area contributed by atoms with Crippen LogP contribution in [0.3, 0.4) is 0 Å². The molecule has 2 rings (SSSR count). The molecule has 1 unspecified atom stereocenters. The Hall–Kier alpha value is -1.00. The van der Waals surface area contributed by atoms with Crippen LogP contribution >= 0.6 is 15.9 Å². The van der Waals surface area contributed by atoms with Crippen molar-refractivity contribution in [1.29, 1.82) is 0 Å². The first kappa shape index (κ1) is 11.5. The number of aromatic nitrogens is 1. The Labute approximate surface area is 103 Å². The largest absolute Gasteiger partial charge is 0.495 e. The van der Waals surface area contributed by atoms with Gasteiger partial charge in [-0.05, 0) is 47.5 Å². The van der Waals surface area contributed by atoms with Crippen LogP contribution in [0.2, 0.25) is 0 Å². The van der Waals surface area contributed by atoms with Gasteiger partial charge < -0.3 is 15.5 Å². The van der Waals surface area contributed by atoms with Gasteiger partial charge in [-0.1, -0.05) is 0 Å². The predicted molar refractivity (Wildman–Crippen MR) is 69.9 cm³/mol. The molecule has 0 saturated heterocycles. The maximum Gasteiger partial charge on any atom is 0.143 e. The molecule has 1 heterocycles. The molecule has 0 fully saturated rings. The summed E-state index contributed by atoms with van der Waals surface area (Å²) in [7, 11) is 1.68. The quantitative estimate of drug-likeness (QED) is 0.888. The zero-order chi connectivity index (χ0) is 11.9. The predicted octanol–water partition coefficient (Wildman–Crippen LogP) is 3.27. The zero-order valence-electron chi connectivity index (χ0n) is 9.60. The maximum absolute atomic E-state index is 5.91. The van der Waals surface area contributed by atoms with Gasteiger partial charge in [-0.15, -0.1) is 0 Å². The standard InChI is InChI=1S/C12H15BrN2O/c1-6-4-8-10(13)11(7(2)14)15-12(8)9(5-6)16-3/h4-5,7,15H,14H2,1-3H3. The smallest absolute Gasteiger partial charge is 0.143 e. The average Bonchev–Trinajstić information content (AvgIpc) is 2.55. The summed E-state index contributed by atoms with van der Waals surface area (Å²) >= 11 is 3.58. The van der Waals surface area contributed by atoms with Gasteiger partial charge in [-0.2, -0.15) is 0 Å². The number of hydrogen-bond acceptors (Lipinski definition) is 2. The van der Waals surface area contributed by atoms with Crippen molar-refractivity contribution in [3.8, 4) is 5.75 Å². The number of aromatic amines is 1. The molecule has 0 aliphatic rings. The molecule has 86 valence electrons. The van der Waals surface area contributed by atoms with Crippen LogP contribution in [0.5, 0.6) is 5.75 Å². The van der Waals surface area contributed by atoms with Gasteiger partial charge in [0, 0.05) is 21.6 Å². The van der Waals surface area contributed by atoms with Crippen LogP contribution in [0.4, 0.5) is 0 Å². The summed E-state index contributed by atoms with van der Waals surface area (Å²) in [4.78, 5) is 3.31. The van der Waals surface area contributed by atoms with E-state index in [4.69, 9.17) is 10.5 Å². The van der Waals surface area contributed by atoms with Gasteiger partial charge in [0.1, 0.15) is 5.75 Å². The van der Waals surface area contributed by atoms with E-state index in [0.29, 0.717) is 0 Å². The molecule has 3 nitrogen and oxygen atoms in total. The van der Waals surface area contributed by atoms with Crippen molar-refractivity contribution in [2.75, 3.05) is 7.11 Å². The average molecular weight is 283 g/mol. The van der Waals surface area contributed by atoms with Crippen LogP contribution in [0.15, 0.2) is 16.6 Å². The lowest BCUT2D eigenvalue weighted by molar-refractivity contribution is 0.418. The zero-order valence-corrected chi connectivity index (χ0v) is 11.2. The number of aryl methyl sites for hydroxylation is 1. The summed E-state index contributed by atoms with van der Waals surface area (Å²) in [6.45, 7) is 4.00. The fourth-order valence-electron chi connectivity index (χ4n) is 1.86. The van der Waals surface area contributed by atoms with E-state index in [2.05, 4.69) is 27.0 Å². The van der Waals surface area contributed by atoms with E-state index in [1.807, 2.05) is 19.9 Å². The number of nitrogens with one attached hydrogen (secondary N) is 1. The molecule has 0 radical (unpaired) electrons. The summed E-state index contributed by atoms with van der Waals surface area (Å²) in [5.41, 5.74) is 9.06. The first-order valence-corrected chi connectivity index (χ1v) is 5.95. The van der Waals surface area contributed by atoms with Crippen molar-refractivity contribution in [1.82, 2.24) is 4.98 Å². The van der Waals surface area contributed by atoms with Crippen molar-refractivity contribution in [3.63, 3.8) is 0 Å². The lowest BCUT2D eigenvalue weighted by Crippen LogP contribution is -2.05. The number of ether oxygens (including phenoxy) is 1. The van der Waals surface area contributed by atoms with Gasteiger partial charge in [-0.25, -0.2) is 0 Å².